The molecule has 0 spiro atoms. The summed E-state index contributed by atoms with van der Waals surface area (Å²) in [7, 11) is 0. The first kappa shape index (κ1) is 35.4. The zero-order valence-electron chi connectivity index (χ0n) is 26.5. The van der Waals surface area contributed by atoms with Crippen LogP contribution in [0.25, 0.3) is 0 Å². The van der Waals surface area contributed by atoms with Crippen LogP contribution < -0.4 is 25.7 Å². The Morgan fingerprint density at radius 3 is 1.84 bits per heavy atom. The summed E-state index contributed by atoms with van der Waals surface area (Å²) >= 11 is 0. The fourth-order valence-corrected chi connectivity index (χ4v) is 4.50. The highest BCUT2D eigenvalue weighted by Gasteiger charge is 2.16. The summed E-state index contributed by atoms with van der Waals surface area (Å²) in [5, 5.41) is 8.76. The Balaban J connectivity index is 0.000000303. The summed E-state index contributed by atoms with van der Waals surface area (Å²) < 4.78 is 17.7. The number of rotatable bonds is 16. The van der Waals surface area contributed by atoms with Crippen molar-refractivity contribution in [1.82, 2.24) is 9.80 Å². The molecule has 0 heterocycles. The van der Waals surface area contributed by atoms with Gasteiger partial charge in [0.25, 0.3) is 0 Å². The van der Waals surface area contributed by atoms with Gasteiger partial charge in [-0.05, 0) is 81.8 Å². The number of aliphatic carboxylic acids is 1. The fraction of sp³-hybridized carbons (Fsp3) is 0.441. The predicted octanol–water partition coefficient (Wildman–Crippen LogP) is 5.62. The van der Waals surface area contributed by atoms with Gasteiger partial charge in [-0.1, -0.05) is 70.2 Å². The highest BCUT2D eigenvalue weighted by molar-refractivity contribution is 5.73. The molecule has 0 amide bonds. The van der Waals surface area contributed by atoms with Crippen LogP contribution in [0.1, 0.15) is 52.7 Å². The van der Waals surface area contributed by atoms with Crippen LogP contribution in [-0.2, 0) is 17.8 Å². The molecule has 3 atom stereocenters. The highest BCUT2D eigenvalue weighted by Crippen LogP contribution is 2.29. The lowest BCUT2D eigenvalue weighted by Gasteiger charge is -2.29. The molecule has 3 rings (SSSR count). The predicted molar refractivity (Wildman–Crippen MR) is 173 cm³/mol. The van der Waals surface area contributed by atoms with Gasteiger partial charge in [0, 0.05) is 6.07 Å². The van der Waals surface area contributed by atoms with E-state index in [1.807, 2.05) is 79.7 Å². The molecule has 0 aromatic heterocycles. The molecule has 43 heavy (non-hydrogen) atoms. The maximum Gasteiger partial charge on any atom is 0.320 e. The third-order valence-corrected chi connectivity index (χ3v) is 7.19. The van der Waals surface area contributed by atoms with Crippen molar-refractivity contribution in [1.29, 1.82) is 0 Å². The van der Waals surface area contributed by atoms with Gasteiger partial charge in [0.2, 0.25) is 0 Å². The first-order chi connectivity index (χ1) is 20.6. The first-order valence-corrected chi connectivity index (χ1v) is 15.1. The molecule has 3 aromatic rings. The van der Waals surface area contributed by atoms with Gasteiger partial charge in [0.1, 0.15) is 42.4 Å². The van der Waals surface area contributed by atoms with E-state index in [2.05, 4.69) is 44.4 Å². The van der Waals surface area contributed by atoms with Crippen molar-refractivity contribution >= 4 is 11.7 Å². The van der Waals surface area contributed by atoms with Gasteiger partial charge in [0.15, 0.2) is 0 Å². The number of nitrogens with zero attached hydrogens (tertiary/aromatic N) is 2. The zero-order valence-corrected chi connectivity index (χ0v) is 26.5. The maximum absolute atomic E-state index is 10.7. The topological polar surface area (TPSA) is 124 Å². The van der Waals surface area contributed by atoms with E-state index in [1.165, 1.54) is 0 Å². The molecular formula is C34H50N4O5. The Morgan fingerprint density at radius 1 is 0.767 bits per heavy atom. The average Bonchev–Trinajstić information content (AvgIpc) is 3.00. The van der Waals surface area contributed by atoms with Gasteiger partial charge >= 0.3 is 5.97 Å². The molecule has 0 bridgehead atoms. The lowest BCUT2D eigenvalue weighted by molar-refractivity contribution is -0.138. The highest BCUT2D eigenvalue weighted by atomic mass is 16.5. The number of ether oxygens (including phenoxy) is 3. The fourth-order valence-electron chi connectivity index (χ4n) is 4.50. The Morgan fingerprint density at radius 2 is 1.30 bits per heavy atom. The summed E-state index contributed by atoms with van der Waals surface area (Å²) in [5.41, 5.74) is 14.2. The van der Waals surface area contributed by atoms with Crippen molar-refractivity contribution in [3.05, 3.63) is 83.9 Å². The van der Waals surface area contributed by atoms with Gasteiger partial charge in [-0.15, -0.1) is 0 Å². The van der Waals surface area contributed by atoms with Crippen LogP contribution in [0.3, 0.4) is 0 Å². The van der Waals surface area contributed by atoms with E-state index in [4.69, 9.17) is 30.8 Å². The smallest absolute Gasteiger partial charge is 0.320 e. The molecule has 0 radical (unpaired) electrons. The Labute approximate surface area is 257 Å². The molecular weight excluding hydrogens is 544 g/mol. The molecule has 0 aliphatic rings. The van der Waals surface area contributed by atoms with Gasteiger partial charge in [0.05, 0.1) is 5.69 Å². The van der Waals surface area contributed by atoms with Gasteiger partial charge in [-0.25, -0.2) is 0 Å². The van der Waals surface area contributed by atoms with Crippen molar-refractivity contribution < 1.29 is 24.1 Å². The molecule has 236 valence electrons. The maximum atomic E-state index is 10.7. The summed E-state index contributed by atoms with van der Waals surface area (Å²) in [6, 6.07) is 22.0. The molecule has 3 aromatic carbocycles. The van der Waals surface area contributed by atoms with Crippen LogP contribution in [0.4, 0.5) is 5.69 Å². The number of carbonyl (C=O) groups is 1. The summed E-state index contributed by atoms with van der Waals surface area (Å²) in [6.07, 6.45) is 0.304. The summed E-state index contributed by atoms with van der Waals surface area (Å²) in [5.74, 6) is 1.21. The van der Waals surface area contributed by atoms with E-state index < -0.39 is 12.0 Å². The number of nitrogens with two attached hydrogens (primary N) is 2. The average molecular weight is 595 g/mol. The third-order valence-electron chi connectivity index (χ3n) is 7.19. The minimum absolute atomic E-state index is 0.0154. The number of nitrogen functional groups attached to an aromatic ring is 1. The number of hydrogen-bond acceptors (Lipinski definition) is 8. The van der Waals surface area contributed by atoms with Crippen LogP contribution in [0.5, 0.6) is 17.2 Å². The molecule has 0 aliphatic carbocycles. The Kier molecular flexibility index (Phi) is 15.4. The monoisotopic (exact) mass is 594 g/mol. The molecule has 0 aliphatic heterocycles. The minimum atomic E-state index is -0.991. The lowest BCUT2D eigenvalue weighted by Crippen LogP contribution is -2.37. The van der Waals surface area contributed by atoms with E-state index in [0.717, 1.165) is 48.8 Å². The van der Waals surface area contributed by atoms with Crippen molar-refractivity contribution in [3.63, 3.8) is 0 Å². The normalized spacial score (nSPS) is 13.0. The largest absolute Gasteiger partial charge is 0.489 e. The van der Waals surface area contributed by atoms with E-state index in [-0.39, 0.29) is 12.5 Å². The minimum Gasteiger partial charge on any atom is -0.489 e. The van der Waals surface area contributed by atoms with Gasteiger partial charge < -0.3 is 30.8 Å². The molecule has 0 saturated heterocycles. The van der Waals surface area contributed by atoms with Crippen molar-refractivity contribution in [3.8, 4) is 17.2 Å². The SMILES string of the molecule is CCN(CC)C(C)Oc1ccc(N)c(OC(C)N(CC)CC)c1.N[C@H](Cc1ccc(OCc2ccccc2)cc1)C(=O)O. The van der Waals surface area contributed by atoms with Crippen LogP contribution in [0.15, 0.2) is 72.8 Å². The third kappa shape index (κ3) is 12.2. The standard InChI is InChI=1S/C18H33N3O2.C16H17NO3/c1-7-20(8-2)14(5)22-16-11-12-17(19)18(13-16)23-15(6)21(9-3)10-4;17-15(16(18)19)10-12-6-8-14(9-7-12)20-11-13-4-2-1-3-5-13/h11-15H,7-10,19H2,1-6H3;1-9,15H,10-11,17H2,(H,18,19)/t;15-/m.1/s1. The number of benzene rings is 3. The Hall–Kier alpha value is -3.79. The first-order valence-electron chi connectivity index (χ1n) is 15.1. The van der Waals surface area contributed by atoms with Crippen molar-refractivity contribution in [2.24, 2.45) is 5.73 Å². The second kappa shape index (κ2) is 18.7. The zero-order chi connectivity index (χ0) is 31.8. The Bertz CT molecular complexity index is 1200. The number of hydrogen-bond donors (Lipinski definition) is 3. The molecule has 5 N–H and O–H groups in total. The van der Waals surface area contributed by atoms with E-state index in [0.29, 0.717) is 24.5 Å². The quantitative estimate of drug-likeness (QED) is 0.143. The van der Waals surface area contributed by atoms with E-state index in [1.54, 1.807) is 0 Å². The molecule has 9 heteroatoms. The van der Waals surface area contributed by atoms with Crippen LogP contribution in [-0.4, -0.2) is 65.6 Å². The van der Waals surface area contributed by atoms with Crippen molar-refractivity contribution in [2.75, 3.05) is 31.9 Å². The van der Waals surface area contributed by atoms with Crippen LogP contribution >= 0.6 is 0 Å². The van der Waals surface area contributed by atoms with Crippen LogP contribution in [0, 0.1) is 0 Å². The van der Waals surface area contributed by atoms with E-state index >= 15 is 0 Å². The number of carboxylic acids is 1. The van der Waals surface area contributed by atoms with Crippen LogP contribution in [0.2, 0.25) is 0 Å². The molecule has 2 unspecified atom stereocenters. The number of carboxylic acid groups (broad SMARTS) is 1. The summed E-state index contributed by atoms with van der Waals surface area (Å²) in [6.45, 7) is 16.9. The van der Waals surface area contributed by atoms with Gasteiger partial charge in [-0.2, -0.15) is 0 Å². The van der Waals surface area contributed by atoms with E-state index in [9.17, 15) is 4.79 Å². The number of anilines is 1. The second-order valence-electron chi connectivity index (χ2n) is 10.1. The van der Waals surface area contributed by atoms with Crippen molar-refractivity contribution in [2.45, 2.75) is 73.1 Å². The molecule has 0 saturated carbocycles. The second-order valence-corrected chi connectivity index (χ2v) is 10.1. The summed E-state index contributed by atoms with van der Waals surface area (Å²) in [4.78, 5) is 15.2. The molecule has 9 nitrogen and oxygen atoms in total. The van der Waals surface area contributed by atoms with Gasteiger partial charge in [-0.3, -0.25) is 14.6 Å². The molecule has 0 fully saturated rings. The lowest BCUT2D eigenvalue weighted by atomic mass is 10.1.